The number of carbonyl (C=O) groups excluding carboxylic acids is 4. The van der Waals surface area contributed by atoms with Gasteiger partial charge in [-0.1, -0.05) is 49.4 Å². The number of benzene rings is 3. The average Bonchev–Trinajstić information content (AvgIpc) is 3.17. The predicted molar refractivity (Wildman–Crippen MR) is 148 cm³/mol. The maximum Gasteiger partial charge on any atom is 0.299 e. The lowest BCUT2D eigenvalue weighted by Gasteiger charge is -2.40. The number of nitrogens with one attached hydrogen (secondary N) is 1. The lowest BCUT2D eigenvalue weighted by Crippen LogP contribution is -2.58. The Balaban J connectivity index is 1.64. The Morgan fingerprint density at radius 2 is 1.53 bits per heavy atom. The molecule has 0 fully saturated rings. The summed E-state index contributed by atoms with van der Waals surface area (Å²) >= 11 is 0. The Hall–Kier alpha value is -4.46. The second-order valence-corrected chi connectivity index (χ2v) is 9.73. The van der Waals surface area contributed by atoms with Crippen molar-refractivity contribution in [2.24, 2.45) is 0 Å². The monoisotopic (exact) mass is 512 g/mol. The fourth-order valence-corrected chi connectivity index (χ4v) is 4.51. The smallest absolute Gasteiger partial charge is 0.299 e. The van der Waals surface area contributed by atoms with Gasteiger partial charge in [0.05, 0.1) is 11.3 Å². The lowest BCUT2D eigenvalue weighted by atomic mass is 9.93. The van der Waals surface area contributed by atoms with Gasteiger partial charge in [0, 0.05) is 32.0 Å². The van der Waals surface area contributed by atoms with E-state index in [1.165, 1.54) is 9.80 Å². The highest BCUT2D eigenvalue weighted by atomic mass is 16.2. The van der Waals surface area contributed by atoms with Gasteiger partial charge < -0.3 is 15.1 Å². The van der Waals surface area contributed by atoms with Crippen LogP contribution >= 0.6 is 0 Å². The summed E-state index contributed by atoms with van der Waals surface area (Å²) in [5, 5.41) is 2.96. The van der Waals surface area contributed by atoms with Gasteiger partial charge in [0.2, 0.25) is 11.8 Å². The van der Waals surface area contributed by atoms with Crippen molar-refractivity contribution in [3.05, 3.63) is 90.0 Å². The highest BCUT2D eigenvalue weighted by Gasteiger charge is 2.43. The molecule has 4 rings (SSSR count). The number of fused-ring (bicyclic) bond motifs is 1. The largest absolute Gasteiger partial charge is 0.378 e. The molecule has 0 saturated carbocycles. The van der Waals surface area contributed by atoms with Crippen molar-refractivity contribution in [3.8, 4) is 0 Å². The summed E-state index contributed by atoms with van der Waals surface area (Å²) < 4.78 is 0. The van der Waals surface area contributed by atoms with Crippen molar-refractivity contribution in [1.82, 2.24) is 4.90 Å². The Kier molecular flexibility index (Phi) is 7.62. The minimum absolute atomic E-state index is 0.161. The van der Waals surface area contributed by atoms with E-state index < -0.39 is 23.1 Å². The van der Waals surface area contributed by atoms with Crippen molar-refractivity contribution in [1.29, 1.82) is 0 Å². The van der Waals surface area contributed by atoms with Crippen LogP contribution in [0.15, 0.2) is 78.9 Å². The molecule has 1 aliphatic heterocycles. The van der Waals surface area contributed by atoms with Crippen LogP contribution in [0.1, 0.15) is 36.2 Å². The summed E-state index contributed by atoms with van der Waals surface area (Å²) in [4.78, 5) is 57.5. The number of nitrogens with zero attached hydrogens (tertiary/aromatic N) is 3. The third kappa shape index (κ3) is 5.16. The van der Waals surface area contributed by atoms with Crippen LogP contribution < -0.4 is 15.1 Å². The number of anilines is 3. The van der Waals surface area contributed by atoms with Crippen LogP contribution in [0.4, 0.5) is 17.1 Å². The van der Waals surface area contributed by atoms with Crippen LogP contribution in [0.5, 0.6) is 0 Å². The molecule has 38 heavy (non-hydrogen) atoms. The van der Waals surface area contributed by atoms with Crippen LogP contribution in [0.3, 0.4) is 0 Å². The van der Waals surface area contributed by atoms with Gasteiger partial charge in [0.25, 0.3) is 11.7 Å². The Labute approximate surface area is 222 Å². The Morgan fingerprint density at radius 1 is 0.895 bits per heavy atom. The summed E-state index contributed by atoms with van der Waals surface area (Å²) in [6.07, 6.45) is 0.330. The molecule has 0 aliphatic carbocycles. The van der Waals surface area contributed by atoms with Gasteiger partial charge in [-0.15, -0.1) is 0 Å². The van der Waals surface area contributed by atoms with Gasteiger partial charge in [0.1, 0.15) is 12.1 Å². The van der Waals surface area contributed by atoms with E-state index in [-0.39, 0.29) is 24.6 Å². The molecule has 0 bridgehead atoms. The average molecular weight is 513 g/mol. The first kappa shape index (κ1) is 26.6. The fourth-order valence-electron chi connectivity index (χ4n) is 4.51. The van der Waals surface area contributed by atoms with E-state index in [0.29, 0.717) is 17.8 Å². The highest BCUT2D eigenvalue weighted by Crippen LogP contribution is 2.30. The Bertz CT molecular complexity index is 1350. The zero-order valence-corrected chi connectivity index (χ0v) is 22.1. The zero-order chi connectivity index (χ0) is 27.4. The summed E-state index contributed by atoms with van der Waals surface area (Å²) in [7, 11) is 3.87. The number of carbonyl (C=O) groups is 4. The normalized spacial score (nSPS) is 14.1. The van der Waals surface area contributed by atoms with Gasteiger partial charge >= 0.3 is 0 Å². The van der Waals surface area contributed by atoms with Crippen LogP contribution in [-0.4, -0.2) is 54.6 Å². The number of rotatable bonds is 9. The molecule has 3 aromatic rings. The molecular weight excluding hydrogens is 480 g/mol. The van der Waals surface area contributed by atoms with Crippen LogP contribution in [0.2, 0.25) is 0 Å². The first-order chi connectivity index (χ1) is 18.2. The first-order valence-electron chi connectivity index (χ1n) is 12.5. The third-order valence-corrected chi connectivity index (χ3v) is 7.07. The predicted octanol–water partition coefficient (Wildman–Crippen LogP) is 4.12. The van der Waals surface area contributed by atoms with E-state index in [1.54, 1.807) is 31.2 Å². The van der Waals surface area contributed by atoms with Crippen LogP contribution in [-0.2, 0) is 20.9 Å². The maximum absolute atomic E-state index is 13.9. The molecule has 1 N–H and O–H groups in total. The number of amides is 3. The minimum atomic E-state index is -1.24. The number of para-hydroxylation sites is 1. The lowest BCUT2D eigenvalue weighted by molar-refractivity contribution is -0.145. The summed E-state index contributed by atoms with van der Waals surface area (Å²) in [5.74, 6) is -2.16. The third-order valence-electron chi connectivity index (χ3n) is 7.07. The van der Waals surface area contributed by atoms with E-state index in [2.05, 4.69) is 5.32 Å². The van der Waals surface area contributed by atoms with Crippen molar-refractivity contribution >= 4 is 40.6 Å². The standard InChI is InChI=1S/C30H32N4O4/c1-5-30(2,29(38)31-22-15-17-23(18-16-22)32(3)4)34(19-21-11-7-6-8-12-21)26(35)20-33-25-14-10-9-13-24(25)27(36)28(33)37/h6-18H,5,19-20H2,1-4H3,(H,31,38). The van der Waals surface area contributed by atoms with E-state index >= 15 is 0 Å². The molecule has 0 spiro atoms. The molecule has 0 aromatic heterocycles. The van der Waals surface area contributed by atoms with Crippen molar-refractivity contribution in [2.45, 2.75) is 32.4 Å². The number of hydrogen-bond acceptors (Lipinski definition) is 5. The second-order valence-electron chi connectivity index (χ2n) is 9.73. The Morgan fingerprint density at radius 3 is 2.16 bits per heavy atom. The topological polar surface area (TPSA) is 90.0 Å². The zero-order valence-electron chi connectivity index (χ0n) is 22.1. The molecule has 0 saturated heterocycles. The van der Waals surface area contributed by atoms with Crippen LogP contribution in [0, 0.1) is 0 Å². The van der Waals surface area contributed by atoms with Gasteiger partial charge in [-0.2, -0.15) is 0 Å². The van der Waals surface area contributed by atoms with Gasteiger partial charge in [-0.3, -0.25) is 24.1 Å². The number of hydrogen-bond donors (Lipinski definition) is 1. The quantitative estimate of drug-likeness (QED) is 0.436. The minimum Gasteiger partial charge on any atom is -0.378 e. The molecular formula is C30H32N4O4. The summed E-state index contributed by atoms with van der Waals surface area (Å²) in [6, 6.07) is 23.4. The number of Topliss-reactive ketones (excluding diaryl/α,β-unsaturated/α-hetero) is 1. The van der Waals surface area contributed by atoms with E-state index in [1.807, 2.05) is 80.5 Å². The van der Waals surface area contributed by atoms with Gasteiger partial charge in [-0.05, 0) is 55.3 Å². The number of ketones is 1. The maximum atomic E-state index is 13.9. The van der Waals surface area contributed by atoms with Gasteiger partial charge in [-0.25, -0.2) is 0 Å². The molecule has 196 valence electrons. The van der Waals surface area contributed by atoms with E-state index in [0.717, 1.165) is 11.3 Å². The van der Waals surface area contributed by atoms with Crippen molar-refractivity contribution < 1.29 is 19.2 Å². The first-order valence-corrected chi connectivity index (χ1v) is 12.5. The molecule has 1 atom stereocenters. The van der Waals surface area contributed by atoms with Crippen LogP contribution in [0.25, 0.3) is 0 Å². The highest BCUT2D eigenvalue weighted by molar-refractivity contribution is 6.52. The molecule has 3 amide bonds. The molecule has 1 unspecified atom stereocenters. The molecule has 8 nitrogen and oxygen atoms in total. The van der Waals surface area contributed by atoms with Crippen molar-refractivity contribution in [2.75, 3.05) is 35.8 Å². The molecule has 1 aliphatic rings. The second kappa shape index (κ2) is 10.9. The van der Waals surface area contributed by atoms with Gasteiger partial charge in [0.15, 0.2) is 0 Å². The van der Waals surface area contributed by atoms with Crippen molar-refractivity contribution in [3.63, 3.8) is 0 Å². The van der Waals surface area contributed by atoms with E-state index in [4.69, 9.17) is 0 Å². The molecule has 1 heterocycles. The molecule has 0 radical (unpaired) electrons. The summed E-state index contributed by atoms with van der Waals surface area (Å²) in [6.45, 7) is 3.38. The molecule has 3 aromatic carbocycles. The van der Waals surface area contributed by atoms with E-state index in [9.17, 15) is 19.2 Å². The fraction of sp³-hybridized carbons (Fsp3) is 0.267. The summed E-state index contributed by atoms with van der Waals surface area (Å²) in [5.41, 5.74) is 1.89. The molecule has 8 heteroatoms. The SMILES string of the molecule is CCC(C)(C(=O)Nc1ccc(N(C)C)cc1)N(Cc1ccccc1)C(=O)CN1C(=O)C(=O)c2ccccc21.